The third-order valence-electron chi connectivity index (χ3n) is 2.10. The van der Waals surface area contributed by atoms with E-state index >= 15 is 0 Å². The number of hydrogen-bond donors (Lipinski definition) is 3. The van der Waals surface area contributed by atoms with Gasteiger partial charge in [0.25, 0.3) is 0 Å². The summed E-state index contributed by atoms with van der Waals surface area (Å²) in [4.78, 5) is 0. The molecule has 0 aromatic rings. The minimum atomic E-state index is 0.297. The molecule has 70 valence electrons. The molecule has 4 N–H and O–H groups in total. The summed E-state index contributed by atoms with van der Waals surface area (Å²) < 4.78 is 0. The van der Waals surface area contributed by atoms with E-state index in [-0.39, 0.29) is 0 Å². The summed E-state index contributed by atoms with van der Waals surface area (Å²) in [6.07, 6.45) is 3.32. The zero-order valence-corrected chi connectivity index (χ0v) is 7.45. The first-order valence-corrected chi connectivity index (χ1v) is 4.42. The van der Waals surface area contributed by atoms with Crippen LogP contribution in [-0.2, 0) is 0 Å². The molecule has 0 amide bonds. The fraction of sp³-hybridized carbons (Fsp3) is 0.875. The van der Waals surface area contributed by atoms with Crippen LogP contribution in [0.1, 0.15) is 26.2 Å². The van der Waals surface area contributed by atoms with Crippen LogP contribution in [0.4, 0.5) is 0 Å². The second kappa shape index (κ2) is 4.30. The second-order valence-corrected chi connectivity index (χ2v) is 3.55. The van der Waals surface area contributed by atoms with Crippen LogP contribution in [-0.4, -0.2) is 23.6 Å². The van der Waals surface area contributed by atoms with Gasteiger partial charge in [0.05, 0.1) is 0 Å². The van der Waals surface area contributed by atoms with Gasteiger partial charge in [-0.25, -0.2) is 0 Å². The Balaban J connectivity index is 2.05. The SMILES string of the molecule is CC(CC(N)=NO)NCC1CC1. The summed E-state index contributed by atoms with van der Waals surface area (Å²) in [6.45, 7) is 3.11. The first-order chi connectivity index (χ1) is 5.72. The van der Waals surface area contributed by atoms with Crippen molar-refractivity contribution >= 4 is 5.84 Å². The van der Waals surface area contributed by atoms with E-state index in [1.54, 1.807) is 0 Å². The summed E-state index contributed by atoms with van der Waals surface area (Å²) in [7, 11) is 0. The molecule has 1 atom stereocenters. The highest BCUT2D eigenvalue weighted by atomic mass is 16.4. The molecule has 0 aromatic heterocycles. The molecule has 12 heavy (non-hydrogen) atoms. The molecule has 0 aliphatic heterocycles. The predicted molar refractivity (Wildman–Crippen MR) is 48.2 cm³/mol. The Morgan fingerprint density at radius 3 is 2.92 bits per heavy atom. The summed E-state index contributed by atoms with van der Waals surface area (Å²) >= 11 is 0. The molecule has 4 heteroatoms. The lowest BCUT2D eigenvalue weighted by Gasteiger charge is -2.11. The van der Waals surface area contributed by atoms with Crippen molar-refractivity contribution in [3.63, 3.8) is 0 Å². The maximum atomic E-state index is 8.31. The van der Waals surface area contributed by atoms with Crippen LogP contribution in [0.3, 0.4) is 0 Å². The number of nitrogens with one attached hydrogen (secondary N) is 1. The summed E-state index contributed by atoms with van der Waals surface area (Å²) in [6, 6.07) is 0.307. The van der Waals surface area contributed by atoms with Crippen LogP contribution in [0.2, 0.25) is 0 Å². The highest BCUT2D eigenvalue weighted by molar-refractivity contribution is 5.80. The number of nitrogens with two attached hydrogens (primary N) is 1. The molecule has 1 fully saturated rings. The predicted octanol–water partition coefficient (Wildman–Crippen LogP) is 0.511. The zero-order valence-electron chi connectivity index (χ0n) is 7.45. The number of oxime groups is 1. The van der Waals surface area contributed by atoms with Gasteiger partial charge < -0.3 is 16.3 Å². The molecule has 1 saturated carbocycles. The van der Waals surface area contributed by atoms with Gasteiger partial charge in [0.2, 0.25) is 0 Å². The lowest BCUT2D eigenvalue weighted by Crippen LogP contribution is -2.32. The van der Waals surface area contributed by atoms with E-state index in [2.05, 4.69) is 10.5 Å². The summed E-state index contributed by atoms with van der Waals surface area (Å²) in [5, 5.41) is 14.6. The zero-order chi connectivity index (χ0) is 8.97. The third-order valence-corrected chi connectivity index (χ3v) is 2.10. The molecule has 1 rings (SSSR count). The van der Waals surface area contributed by atoms with Gasteiger partial charge in [0, 0.05) is 12.5 Å². The molecule has 1 unspecified atom stereocenters. The van der Waals surface area contributed by atoms with E-state index in [0.717, 1.165) is 12.5 Å². The van der Waals surface area contributed by atoms with Crippen molar-refractivity contribution in [1.82, 2.24) is 5.32 Å². The summed E-state index contributed by atoms with van der Waals surface area (Å²) in [5.41, 5.74) is 5.36. The standard InChI is InChI=1S/C8H17N3O/c1-6(4-8(9)11-12)10-5-7-2-3-7/h6-7,10,12H,2-5H2,1H3,(H2,9,11). The van der Waals surface area contributed by atoms with Crippen molar-refractivity contribution in [1.29, 1.82) is 0 Å². The van der Waals surface area contributed by atoms with Gasteiger partial charge in [-0.05, 0) is 32.2 Å². The Hall–Kier alpha value is -0.770. The highest BCUT2D eigenvalue weighted by Gasteiger charge is 2.21. The first kappa shape index (κ1) is 9.32. The molecule has 4 nitrogen and oxygen atoms in total. The average Bonchev–Trinajstić information content (AvgIpc) is 2.83. The van der Waals surface area contributed by atoms with E-state index in [1.807, 2.05) is 6.92 Å². The highest BCUT2D eigenvalue weighted by Crippen LogP contribution is 2.27. The lowest BCUT2D eigenvalue weighted by atomic mass is 10.2. The van der Waals surface area contributed by atoms with Gasteiger partial charge in [0.1, 0.15) is 5.84 Å². The maximum absolute atomic E-state index is 8.31. The van der Waals surface area contributed by atoms with Gasteiger partial charge in [-0.3, -0.25) is 0 Å². The van der Waals surface area contributed by atoms with Crippen LogP contribution in [0.15, 0.2) is 5.16 Å². The Labute approximate surface area is 72.8 Å². The Kier molecular flexibility index (Phi) is 3.34. The smallest absolute Gasteiger partial charge is 0.140 e. The van der Waals surface area contributed by atoms with Crippen molar-refractivity contribution < 1.29 is 5.21 Å². The normalized spacial score (nSPS) is 20.9. The number of nitrogens with zero attached hydrogens (tertiary/aromatic N) is 1. The molecule has 1 aliphatic rings. The van der Waals surface area contributed by atoms with Gasteiger partial charge in [-0.15, -0.1) is 0 Å². The molecular formula is C8H17N3O. The van der Waals surface area contributed by atoms with E-state index in [4.69, 9.17) is 10.9 Å². The van der Waals surface area contributed by atoms with E-state index in [0.29, 0.717) is 18.3 Å². The van der Waals surface area contributed by atoms with E-state index in [1.165, 1.54) is 12.8 Å². The van der Waals surface area contributed by atoms with Crippen LogP contribution in [0.5, 0.6) is 0 Å². The van der Waals surface area contributed by atoms with Crippen molar-refractivity contribution in [2.45, 2.75) is 32.2 Å². The molecular weight excluding hydrogens is 154 g/mol. The fourth-order valence-electron chi connectivity index (χ4n) is 1.12. The quantitative estimate of drug-likeness (QED) is 0.244. The third kappa shape index (κ3) is 3.57. The van der Waals surface area contributed by atoms with Crippen LogP contribution in [0, 0.1) is 5.92 Å². The minimum Gasteiger partial charge on any atom is -0.409 e. The number of hydrogen-bond acceptors (Lipinski definition) is 3. The van der Waals surface area contributed by atoms with Crippen molar-refractivity contribution in [2.75, 3.05) is 6.54 Å². The molecule has 0 heterocycles. The van der Waals surface area contributed by atoms with Crippen LogP contribution < -0.4 is 11.1 Å². The molecule has 0 saturated heterocycles. The van der Waals surface area contributed by atoms with Gasteiger partial charge in [-0.1, -0.05) is 5.16 Å². The molecule has 0 radical (unpaired) electrons. The second-order valence-electron chi connectivity index (χ2n) is 3.55. The van der Waals surface area contributed by atoms with E-state index in [9.17, 15) is 0 Å². The molecule has 0 spiro atoms. The van der Waals surface area contributed by atoms with Crippen LogP contribution in [0.25, 0.3) is 0 Å². The topological polar surface area (TPSA) is 70.6 Å². The Bertz CT molecular complexity index is 166. The first-order valence-electron chi connectivity index (χ1n) is 4.42. The van der Waals surface area contributed by atoms with Crippen molar-refractivity contribution in [3.05, 3.63) is 0 Å². The fourth-order valence-corrected chi connectivity index (χ4v) is 1.12. The monoisotopic (exact) mass is 171 g/mol. The van der Waals surface area contributed by atoms with Crippen LogP contribution >= 0.6 is 0 Å². The van der Waals surface area contributed by atoms with Gasteiger partial charge in [-0.2, -0.15) is 0 Å². The lowest BCUT2D eigenvalue weighted by molar-refractivity contribution is 0.315. The average molecular weight is 171 g/mol. The molecule has 1 aliphatic carbocycles. The largest absolute Gasteiger partial charge is 0.409 e. The van der Waals surface area contributed by atoms with E-state index < -0.39 is 0 Å². The number of amidine groups is 1. The maximum Gasteiger partial charge on any atom is 0.140 e. The van der Waals surface area contributed by atoms with Gasteiger partial charge >= 0.3 is 0 Å². The molecule has 0 aromatic carbocycles. The van der Waals surface area contributed by atoms with Crippen molar-refractivity contribution in [2.24, 2.45) is 16.8 Å². The minimum absolute atomic E-state index is 0.297. The Morgan fingerprint density at radius 1 is 1.75 bits per heavy atom. The van der Waals surface area contributed by atoms with Crippen molar-refractivity contribution in [3.8, 4) is 0 Å². The number of rotatable bonds is 5. The Morgan fingerprint density at radius 2 is 2.42 bits per heavy atom. The summed E-state index contributed by atoms with van der Waals surface area (Å²) in [5.74, 6) is 1.17. The van der Waals surface area contributed by atoms with Gasteiger partial charge in [0.15, 0.2) is 0 Å². The molecule has 0 bridgehead atoms.